The van der Waals surface area contributed by atoms with Crippen molar-refractivity contribution in [2.45, 2.75) is 26.2 Å². The quantitative estimate of drug-likeness (QED) is 0.370. The molecule has 0 saturated carbocycles. The fraction of sp³-hybridized carbons (Fsp3) is 0.208. The second kappa shape index (κ2) is 7.15. The van der Waals surface area contributed by atoms with Crippen LogP contribution in [0.25, 0.3) is 25.4 Å². The third-order valence-electron chi connectivity index (χ3n) is 6.04. The molecule has 1 atom stereocenters. The average molecular weight is 461 g/mol. The molecule has 2 aromatic carbocycles. The van der Waals surface area contributed by atoms with Gasteiger partial charge in [-0.05, 0) is 49.1 Å². The lowest BCUT2D eigenvalue weighted by molar-refractivity contribution is -0.116. The summed E-state index contributed by atoms with van der Waals surface area (Å²) in [6, 6.07) is 14.2. The molecule has 0 radical (unpaired) electrons. The Balaban J connectivity index is 1.54. The lowest BCUT2D eigenvalue weighted by Crippen LogP contribution is -2.25. The zero-order valence-electron chi connectivity index (χ0n) is 17.8. The number of rotatable bonds is 3. The Kier molecular flexibility index (Phi) is 4.34. The fourth-order valence-electron chi connectivity index (χ4n) is 4.66. The first-order valence-electron chi connectivity index (χ1n) is 10.4. The second-order valence-corrected chi connectivity index (χ2v) is 10.2. The van der Waals surface area contributed by atoms with E-state index < -0.39 is 0 Å². The maximum atomic E-state index is 12.8. The summed E-state index contributed by atoms with van der Waals surface area (Å²) in [5.74, 6) is 1.49. The molecule has 1 aliphatic heterocycles. The van der Waals surface area contributed by atoms with Gasteiger partial charge in [-0.2, -0.15) is 9.78 Å². The van der Waals surface area contributed by atoms with E-state index >= 15 is 0 Å². The summed E-state index contributed by atoms with van der Waals surface area (Å²) < 4.78 is 9.40. The van der Waals surface area contributed by atoms with E-state index in [1.165, 1.54) is 31.9 Å². The fourth-order valence-corrected chi connectivity index (χ4v) is 6.74. The van der Waals surface area contributed by atoms with Gasteiger partial charge in [-0.15, -0.1) is 11.3 Å². The number of ether oxygens (including phenoxy) is 1. The predicted octanol–water partition coefficient (Wildman–Crippen LogP) is 5.80. The molecule has 0 fully saturated rings. The molecule has 5 aromatic rings. The monoisotopic (exact) mass is 460 g/mol. The number of nitrogens with zero attached hydrogens (tertiary/aromatic N) is 3. The molecule has 4 heterocycles. The van der Waals surface area contributed by atoms with E-state index in [0.29, 0.717) is 6.42 Å². The van der Waals surface area contributed by atoms with Crippen molar-refractivity contribution in [3.63, 3.8) is 0 Å². The minimum atomic E-state index is -0.0295. The van der Waals surface area contributed by atoms with Gasteiger partial charge < -0.3 is 10.1 Å². The minimum Gasteiger partial charge on any atom is -0.497 e. The van der Waals surface area contributed by atoms with Crippen LogP contribution < -0.4 is 10.1 Å². The number of carbonyl (C=O) groups is 1. The molecule has 1 amide bonds. The molecule has 3 aromatic heterocycles. The number of fused-ring (bicyclic) bond motifs is 3. The first kappa shape index (κ1) is 19.5. The molecular weight excluding hydrogens is 440 g/mol. The van der Waals surface area contributed by atoms with E-state index in [-0.39, 0.29) is 11.8 Å². The normalized spacial score (nSPS) is 15.8. The van der Waals surface area contributed by atoms with Gasteiger partial charge in [0.05, 0.1) is 23.0 Å². The molecule has 6 nitrogen and oxygen atoms in total. The lowest BCUT2D eigenvalue weighted by atomic mass is 9.84. The van der Waals surface area contributed by atoms with Crippen LogP contribution in [-0.4, -0.2) is 27.8 Å². The molecule has 1 aliphatic rings. The van der Waals surface area contributed by atoms with Crippen molar-refractivity contribution in [2.75, 3.05) is 12.4 Å². The maximum Gasteiger partial charge on any atom is 0.226 e. The molecule has 0 aliphatic carbocycles. The van der Waals surface area contributed by atoms with Crippen LogP contribution in [0.2, 0.25) is 0 Å². The second-order valence-electron chi connectivity index (χ2n) is 7.96. The van der Waals surface area contributed by atoms with Gasteiger partial charge in [0.15, 0.2) is 0 Å². The smallest absolute Gasteiger partial charge is 0.226 e. The Bertz CT molecular complexity index is 1530. The maximum absolute atomic E-state index is 12.8. The molecule has 0 spiro atoms. The third-order valence-corrected chi connectivity index (χ3v) is 8.13. The van der Waals surface area contributed by atoms with E-state index in [2.05, 4.69) is 36.5 Å². The van der Waals surface area contributed by atoms with Gasteiger partial charge in [0, 0.05) is 27.5 Å². The lowest BCUT2D eigenvalue weighted by Gasteiger charge is -2.24. The van der Waals surface area contributed by atoms with Crippen LogP contribution in [0, 0.1) is 13.8 Å². The van der Waals surface area contributed by atoms with Crippen molar-refractivity contribution in [2.24, 2.45) is 0 Å². The van der Waals surface area contributed by atoms with Crippen molar-refractivity contribution in [3.05, 3.63) is 64.2 Å². The highest BCUT2D eigenvalue weighted by Gasteiger charge is 2.35. The number of methoxy groups -OCH3 is 1. The number of aryl methyl sites for hydroxylation is 2. The molecule has 0 saturated heterocycles. The van der Waals surface area contributed by atoms with Crippen molar-refractivity contribution >= 4 is 54.7 Å². The zero-order valence-corrected chi connectivity index (χ0v) is 19.4. The summed E-state index contributed by atoms with van der Waals surface area (Å²) in [6.45, 7) is 4.16. The number of thiazole rings is 1. The number of benzene rings is 2. The summed E-state index contributed by atoms with van der Waals surface area (Å²) in [7, 11) is 1.65. The van der Waals surface area contributed by atoms with Crippen molar-refractivity contribution in [3.8, 4) is 10.9 Å². The molecule has 160 valence electrons. The van der Waals surface area contributed by atoms with Gasteiger partial charge in [0.25, 0.3) is 0 Å². The van der Waals surface area contributed by atoms with Crippen LogP contribution in [0.1, 0.15) is 34.0 Å². The van der Waals surface area contributed by atoms with Gasteiger partial charge in [0.1, 0.15) is 11.6 Å². The van der Waals surface area contributed by atoms with Crippen molar-refractivity contribution in [1.82, 2.24) is 14.8 Å². The molecule has 6 rings (SSSR count). The highest BCUT2D eigenvalue weighted by molar-refractivity contribution is 7.20. The van der Waals surface area contributed by atoms with E-state index in [4.69, 9.17) is 14.8 Å². The summed E-state index contributed by atoms with van der Waals surface area (Å²) in [6.07, 6.45) is 0.415. The zero-order chi connectivity index (χ0) is 22.0. The number of amides is 1. The van der Waals surface area contributed by atoms with Crippen molar-refractivity contribution < 1.29 is 9.53 Å². The number of thiophene rings is 1. The number of carbonyl (C=O) groups excluding carboxylic acids is 1. The van der Waals surface area contributed by atoms with Gasteiger partial charge in [-0.25, -0.2) is 4.98 Å². The summed E-state index contributed by atoms with van der Waals surface area (Å²) in [5, 5.41) is 9.86. The minimum absolute atomic E-state index is 0.00103. The van der Waals surface area contributed by atoms with E-state index in [9.17, 15) is 4.79 Å². The van der Waals surface area contributed by atoms with Gasteiger partial charge >= 0.3 is 0 Å². The molecular formula is C24H20N4O2S2. The van der Waals surface area contributed by atoms with E-state index in [0.717, 1.165) is 38.2 Å². The summed E-state index contributed by atoms with van der Waals surface area (Å²) >= 11 is 3.31. The first-order valence-corrected chi connectivity index (χ1v) is 12.0. The van der Waals surface area contributed by atoms with Crippen LogP contribution in [0.3, 0.4) is 0 Å². The number of hydrogen-bond donors (Lipinski definition) is 1. The number of hydrogen-bond acceptors (Lipinski definition) is 6. The first-order chi connectivity index (χ1) is 15.5. The number of aromatic nitrogens is 3. The highest BCUT2D eigenvalue weighted by atomic mass is 32.1. The van der Waals surface area contributed by atoms with Crippen LogP contribution in [0.15, 0.2) is 42.5 Å². The highest BCUT2D eigenvalue weighted by Crippen LogP contribution is 2.46. The Hall–Kier alpha value is -3.23. The molecule has 1 N–H and O–H groups in total. The van der Waals surface area contributed by atoms with Crippen LogP contribution >= 0.6 is 22.7 Å². The Morgan fingerprint density at radius 3 is 2.78 bits per heavy atom. The Morgan fingerprint density at radius 2 is 1.94 bits per heavy atom. The molecule has 8 heteroatoms. The van der Waals surface area contributed by atoms with Gasteiger partial charge in [0.2, 0.25) is 11.0 Å². The predicted molar refractivity (Wildman–Crippen MR) is 130 cm³/mol. The number of nitrogens with one attached hydrogen (secondary N) is 1. The van der Waals surface area contributed by atoms with Crippen molar-refractivity contribution in [1.29, 1.82) is 0 Å². The Labute approximate surface area is 192 Å². The van der Waals surface area contributed by atoms with Gasteiger partial charge in [-0.1, -0.05) is 29.5 Å². The Morgan fingerprint density at radius 1 is 1.09 bits per heavy atom. The van der Waals surface area contributed by atoms with E-state index in [1.54, 1.807) is 23.1 Å². The van der Waals surface area contributed by atoms with E-state index in [1.807, 2.05) is 25.1 Å². The van der Waals surface area contributed by atoms with Crippen LogP contribution in [0.4, 0.5) is 5.82 Å². The molecule has 0 bridgehead atoms. The van der Waals surface area contributed by atoms with Crippen LogP contribution in [0.5, 0.6) is 5.75 Å². The largest absolute Gasteiger partial charge is 0.497 e. The van der Waals surface area contributed by atoms with Gasteiger partial charge in [-0.3, -0.25) is 4.79 Å². The molecule has 32 heavy (non-hydrogen) atoms. The topological polar surface area (TPSA) is 69.0 Å². The van der Waals surface area contributed by atoms with Crippen LogP contribution in [-0.2, 0) is 4.79 Å². The number of anilines is 1. The summed E-state index contributed by atoms with van der Waals surface area (Å²) in [4.78, 5) is 18.9. The molecule has 1 unspecified atom stereocenters. The average Bonchev–Trinajstić information content (AvgIpc) is 3.45. The standard InChI is InChI=1S/C24H20N4O2S2/c1-12-21-16(22-13(2)31-18-7-5-4-6-15(18)22)11-20(29)26-23(21)28(27-12)24-25-17-9-8-14(30-3)10-19(17)32-24/h4-10,16H,11H2,1-3H3,(H,26,29). The SMILES string of the molecule is COc1ccc2nc(-n3nc(C)c4c3NC(=O)CC4c3c(C)sc4ccccc34)sc2c1. The summed E-state index contributed by atoms with van der Waals surface area (Å²) in [5.41, 5.74) is 4.11. The third kappa shape index (κ3) is 2.87.